The largest absolute Gasteiger partial charge is 0.508 e. The third kappa shape index (κ3) is 2.59. The second-order valence-electron chi connectivity index (χ2n) is 3.16. The van der Waals surface area contributed by atoms with Gasteiger partial charge in [0.05, 0.1) is 11.0 Å². The summed E-state index contributed by atoms with van der Waals surface area (Å²) >= 11 is 0. The van der Waals surface area contributed by atoms with Gasteiger partial charge in [-0.1, -0.05) is 0 Å². The maximum absolute atomic E-state index is 10.6. The molecular formula is C9H10N2O5. The molecule has 0 aromatic heterocycles. The first-order chi connectivity index (χ1) is 7.41. The molecule has 1 aromatic rings. The lowest BCUT2D eigenvalue weighted by atomic mass is 10.2. The highest BCUT2D eigenvalue weighted by molar-refractivity contribution is 5.78. The fraction of sp³-hybridized carbons (Fsp3) is 0.222. The molecule has 0 aliphatic heterocycles. The van der Waals surface area contributed by atoms with Crippen molar-refractivity contribution in [1.29, 1.82) is 0 Å². The van der Waals surface area contributed by atoms with Crippen LogP contribution in [-0.4, -0.2) is 27.1 Å². The predicted molar refractivity (Wildman–Crippen MR) is 55.5 cm³/mol. The van der Waals surface area contributed by atoms with Gasteiger partial charge in [-0.25, -0.2) is 0 Å². The molecule has 7 nitrogen and oxygen atoms in total. The summed E-state index contributed by atoms with van der Waals surface area (Å²) in [5.41, 5.74) is -0.314. The molecular weight excluding hydrogens is 216 g/mol. The van der Waals surface area contributed by atoms with Crippen LogP contribution < -0.4 is 5.32 Å². The van der Waals surface area contributed by atoms with Gasteiger partial charge in [0.25, 0.3) is 5.69 Å². The lowest BCUT2D eigenvalue weighted by Gasteiger charge is -2.10. The molecule has 0 aliphatic carbocycles. The molecule has 7 heteroatoms. The number of hydrogen-bond acceptors (Lipinski definition) is 5. The molecule has 0 fully saturated rings. The van der Waals surface area contributed by atoms with Crippen LogP contribution in [0, 0.1) is 10.1 Å². The summed E-state index contributed by atoms with van der Waals surface area (Å²) in [6, 6.07) is 2.50. The molecule has 0 bridgehead atoms. The van der Waals surface area contributed by atoms with Crippen LogP contribution in [0.1, 0.15) is 6.92 Å². The van der Waals surface area contributed by atoms with Gasteiger partial charge in [-0.2, -0.15) is 0 Å². The van der Waals surface area contributed by atoms with Crippen molar-refractivity contribution in [1.82, 2.24) is 0 Å². The van der Waals surface area contributed by atoms with E-state index in [0.29, 0.717) is 0 Å². The summed E-state index contributed by atoms with van der Waals surface area (Å²) in [5.74, 6) is -1.37. The van der Waals surface area contributed by atoms with Crippen molar-refractivity contribution in [2.45, 2.75) is 13.0 Å². The maximum atomic E-state index is 10.6. The number of aromatic hydroxyl groups is 1. The average molecular weight is 226 g/mol. The third-order valence-electron chi connectivity index (χ3n) is 1.92. The predicted octanol–water partition coefficient (Wildman–Crippen LogP) is 1.19. The summed E-state index contributed by atoms with van der Waals surface area (Å²) in [4.78, 5) is 20.5. The zero-order chi connectivity index (χ0) is 12.3. The Morgan fingerprint density at radius 3 is 2.69 bits per heavy atom. The molecule has 0 saturated carbocycles. The summed E-state index contributed by atoms with van der Waals surface area (Å²) < 4.78 is 0. The fourth-order valence-corrected chi connectivity index (χ4v) is 1.09. The number of phenols is 1. The summed E-state index contributed by atoms with van der Waals surface area (Å²) in [6.45, 7) is 1.36. The molecule has 1 aromatic carbocycles. The van der Waals surface area contributed by atoms with E-state index in [1.807, 2.05) is 0 Å². The minimum atomic E-state index is -1.12. The number of nitro benzene ring substituents is 1. The Hall–Kier alpha value is -2.31. The van der Waals surface area contributed by atoms with Crippen LogP contribution in [0.15, 0.2) is 18.2 Å². The quantitative estimate of drug-likeness (QED) is 0.403. The van der Waals surface area contributed by atoms with Gasteiger partial charge in [-0.05, 0) is 19.1 Å². The number of phenolic OH excluding ortho intramolecular Hbond substituents is 1. The number of rotatable bonds is 4. The highest BCUT2D eigenvalue weighted by atomic mass is 16.6. The molecule has 3 N–H and O–H groups in total. The first kappa shape index (κ1) is 11.8. The minimum absolute atomic E-state index is 0.0534. The van der Waals surface area contributed by atoms with E-state index in [-0.39, 0.29) is 17.1 Å². The van der Waals surface area contributed by atoms with E-state index in [4.69, 9.17) is 10.2 Å². The first-order valence-electron chi connectivity index (χ1n) is 4.38. The number of nitro groups is 1. The Kier molecular flexibility index (Phi) is 3.29. The second kappa shape index (κ2) is 4.47. The van der Waals surface area contributed by atoms with Gasteiger partial charge in [-0.3, -0.25) is 14.9 Å². The van der Waals surface area contributed by atoms with Gasteiger partial charge in [0, 0.05) is 0 Å². The highest BCUT2D eigenvalue weighted by Crippen LogP contribution is 2.28. The summed E-state index contributed by atoms with van der Waals surface area (Å²) in [6.07, 6.45) is 0. The molecule has 16 heavy (non-hydrogen) atoms. The standard InChI is InChI=1S/C9H10N2O5/c1-5(9(13)14)10-7-3-2-6(12)4-8(7)11(15)16/h2-5,10,12H,1H3,(H,13,14). The average Bonchev–Trinajstić information content (AvgIpc) is 2.20. The van der Waals surface area contributed by atoms with Gasteiger partial charge in [0.1, 0.15) is 17.5 Å². The van der Waals surface area contributed by atoms with Gasteiger partial charge in [-0.15, -0.1) is 0 Å². The van der Waals surface area contributed by atoms with Gasteiger partial charge in [0.15, 0.2) is 0 Å². The van der Waals surface area contributed by atoms with E-state index < -0.39 is 16.9 Å². The van der Waals surface area contributed by atoms with E-state index in [1.54, 1.807) is 0 Å². The van der Waals surface area contributed by atoms with Crippen LogP contribution in [0.5, 0.6) is 5.75 Å². The number of aliphatic carboxylic acids is 1. The zero-order valence-corrected chi connectivity index (χ0v) is 8.38. The van der Waals surface area contributed by atoms with Crippen molar-refractivity contribution in [3.8, 4) is 5.75 Å². The number of carboxylic acid groups (broad SMARTS) is 1. The Labute approximate surface area is 90.5 Å². The molecule has 1 rings (SSSR count). The summed E-state index contributed by atoms with van der Waals surface area (Å²) in [5, 5.41) is 30.8. The van der Waals surface area contributed by atoms with E-state index in [2.05, 4.69) is 5.32 Å². The fourth-order valence-electron chi connectivity index (χ4n) is 1.09. The number of benzene rings is 1. The second-order valence-corrected chi connectivity index (χ2v) is 3.16. The van der Waals surface area contributed by atoms with Crippen LogP contribution in [-0.2, 0) is 4.79 Å². The Morgan fingerprint density at radius 2 is 2.19 bits per heavy atom. The third-order valence-corrected chi connectivity index (χ3v) is 1.92. The van der Waals surface area contributed by atoms with Crippen LogP contribution in [0.25, 0.3) is 0 Å². The minimum Gasteiger partial charge on any atom is -0.508 e. The number of nitrogens with one attached hydrogen (secondary N) is 1. The number of carbonyl (C=O) groups is 1. The smallest absolute Gasteiger partial charge is 0.325 e. The lowest BCUT2D eigenvalue weighted by Crippen LogP contribution is -2.25. The molecule has 0 heterocycles. The number of anilines is 1. The monoisotopic (exact) mass is 226 g/mol. The van der Waals surface area contributed by atoms with Gasteiger partial charge in [0.2, 0.25) is 0 Å². The van der Waals surface area contributed by atoms with Crippen LogP contribution >= 0.6 is 0 Å². The zero-order valence-electron chi connectivity index (χ0n) is 8.38. The molecule has 0 spiro atoms. The van der Waals surface area contributed by atoms with Crippen molar-refractivity contribution in [3.05, 3.63) is 28.3 Å². The van der Waals surface area contributed by atoms with Crippen molar-refractivity contribution in [2.24, 2.45) is 0 Å². The lowest BCUT2D eigenvalue weighted by molar-refractivity contribution is -0.384. The van der Waals surface area contributed by atoms with E-state index in [0.717, 1.165) is 6.07 Å². The topological polar surface area (TPSA) is 113 Å². The molecule has 0 saturated heterocycles. The molecule has 86 valence electrons. The highest BCUT2D eigenvalue weighted by Gasteiger charge is 2.18. The molecule has 0 aliphatic rings. The van der Waals surface area contributed by atoms with Crippen molar-refractivity contribution in [2.75, 3.05) is 5.32 Å². The van der Waals surface area contributed by atoms with Crippen molar-refractivity contribution < 1.29 is 19.9 Å². The number of nitrogens with zero attached hydrogens (tertiary/aromatic N) is 1. The molecule has 0 amide bonds. The normalized spacial score (nSPS) is 11.8. The van der Waals surface area contributed by atoms with E-state index >= 15 is 0 Å². The van der Waals surface area contributed by atoms with Crippen LogP contribution in [0.4, 0.5) is 11.4 Å². The summed E-state index contributed by atoms with van der Waals surface area (Å²) in [7, 11) is 0. The SMILES string of the molecule is CC(Nc1ccc(O)cc1[N+](=O)[O-])C(=O)O. The molecule has 1 atom stereocenters. The van der Waals surface area contributed by atoms with Gasteiger partial charge < -0.3 is 15.5 Å². The van der Waals surface area contributed by atoms with E-state index in [1.165, 1.54) is 19.1 Å². The van der Waals surface area contributed by atoms with Crippen LogP contribution in [0.2, 0.25) is 0 Å². The Morgan fingerprint density at radius 1 is 1.56 bits per heavy atom. The van der Waals surface area contributed by atoms with Gasteiger partial charge >= 0.3 is 5.97 Å². The first-order valence-corrected chi connectivity index (χ1v) is 4.38. The van der Waals surface area contributed by atoms with E-state index in [9.17, 15) is 14.9 Å². The number of hydrogen-bond donors (Lipinski definition) is 3. The van der Waals surface area contributed by atoms with Crippen molar-refractivity contribution >= 4 is 17.3 Å². The Balaban J connectivity index is 3.04. The van der Waals surface area contributed by atoms with Crippen molar-refractivity contribution in [3.63, 3.8) is 0 Å². The maximum Gasteiger partial charge on any atom is 0.325 e. The molecule has 1 unspecified atom stereocenters. The van der Waals surface area contributed by atoms with Crippen LogP contribution in [0.3, 0.4) is 0 Å². The number of carboxylic acids is 1. The molecule has 0 radical (unpaired) electrons. The Bertz CT molecular complexity index is 432.